The van der Waals surface area contributed by atoms with Crippen molar-refractivity contribution >= 4 is 5.78 Å². The second-order valence-corrected chi connectivity index (χ2v) is 16.3. The van der Waals surface area contributed by atoms with Crippen LogP contribution < -0.4 is 0 Å². The van der Waals surface area contributed by atoms with E-state index in [2.05, 4.69) is 6.92 Å². The van der Waals surface area contributed by atoms with Crippen molar-refractivity contribution in [3.8, 4) is 0 Å². The first-order valence-corrected chi connectivity index (χ1v) is 17.8. The van der Waals surface area contributed by atoms with Crippen LogP contribution in [0.1, 0.15) is 86.0 Å². The summed E-state index contributed by atoms with van der Waals surface area (Å²) < 4.78 is 43.0. The number of methoxy groups -OCH3 is 2. The van der Waals surface area contributed by atoms with Gasteiger partial charge in [0.1, 0.15) is 41.4 Å². The zero-order chi connectivity index (χ0) is 33.8. The Morgan fingerprint density at radius 1 is 0.809 bits per heavy atom. The largest absolute Gasteiger partial charge is 0.390 e. The molecule has 0 aromatic carbocycles. The van der Waals surface area contributed by atoms with E-state index in [1.807, 2.05) is 13.8 Å². The Morgan fingerprint density at radius 3 is 2.23 bits per heavy atom. The summed E-state index contributed by atoms with van der Waals surface area (Å²) in [6.07, 6.45) is -2.44. The van der Waals surface area contributed by atoms with Crippen LogP contribution in [0.4, 0.5) is 0 Å². The monoisotopic (exact) mass is 668 g/mol. The summed E-state index contributed by atoms with van der Waals surface area (Å²) in [5, 5.41) is 44.7. The smallest absolute Gasteiger partial charge is 0.187 e. The molecule has 0 unspecified atom stereocenters. The summed E-state index contributed by atoms with van der Waals surface area (Å²) in [6, 6.07) is 0. The lowest BCUT2D eigenvalue weighted by Gasteiger charge is -2.61. The highest BCUT2D eigenvalue weighted by atomic mass is 16.7. The maximum atomic E-state index is 12.7. The topological polar surface area (TPSA) is 166 Å². The predicted octanol–water partition coefficient (Wildman–Crippen LogP) is 1.85. The van der Waals surface area contributed by atoms with Gasteiger partial charge >= 0.3 is 0 Å². The highest BCUT2D eigenvalue weighted by Crippen LogP contribution is 2.81. The van der Waals surface area contributed by atoms with Crippen LogP contribution in [0.3, 0.4) is 0 Å². The lowest BCUT2D eigenvalue weighted by atomic mass is 9.43. The highest BCUT2D eigenvalue weighted by molar-refractivity contribution is 5.80. The Balaban J connectivity index is 1.01. The molecule has 3 saturated heterocycles. The molecule has 7 aliphatic rings. The van der Waals surface area contributed by atoms with E-state index < -0.39 is 78.0 Å². The first-order valence-electron chi connectivity index (χ1n) is 17.8. The second-order valence-electron chi connectivity index (χ2n) is 16.3. The van der Waals surface area contributed by atoms with E-state index in [-0.39, 0.29) is 41.2 Å². The quantitative estimate of drug-likeness (QED) is 0.230. The van der Waals surface area contributed by atoms with Crippen molar-refractivity contribution in [2.45, 2.75) is 171 Å². The maximum Gasteiger partial charge on any atom is 0.187 e. The third-order valence-corrected chi connectivity index (χ3v) is 14.3. The highest BCUT2D eigenvalue weighted by Gasteiger charge is 2.90. The fraction of sp³-hybridized carbons (Fsp3) is 0.971. The van der Waals surface area contributed by atoms with Crippen LogP contribution in [0.25, 0.3) is 0 Å². The van der Waals surface area contributed by atoms with E-state index in [4.69, 9.17) is 33.2 Å². The minimum Gasteiger partial charge on any atom is -0.390 e. The zero-order valence-corrected chi connectivity index (χ0v) is 28.9. The number of aliphatic hydroxyl groups is 4. The van der Waals surface area contributed by atoms with Gasteiger partial charge in [0.2, 0.25) is 0 Å². The second kappa shape index (κ2) is 11.9. The zero-order valence-electron chi connectivity index (χ0n) is 28.9. The summed E-state index contributed by atoms with van der Waals surface area (Å²) >= 11 is 0. The van der Waals surface area contributed by atoms with Gasteiger partial charge in [-0.1, -0.05) is 13.8 Å². The Hall–Kier alpha value is -0.770. The van der Waals surface area contributed by atoms with Gasteiger partial charge in [-0.15, -0.1) is 0 Å². The van der Waals surface area contributed by atoms with Crippen molar-refractivity contribution in [3.63, 3.8) is 0 Å². The number of fused-ring (bicyclic) bond motifs is 2. The molecule has 4 N–H and O–H groups in total. The number of rotatable bonds is 7. The van der Waals surface area contributed by atoms with Gasteiger partial charge in [-0.3, -0.25) is 4.79 Å². The van der Waals surface area contributed by atoms with Gasteiger partial charge in [0.25, 0.3) is 0 Å². The Kier molecular flexibility index (Phi) is 8.78. The lowest BCUT2D eigenvalue weighted by Crippen LogP contribution is -2.69. The fourth-order valence-electron chi connectivity index (χ4n) is 11.9. The molecule has 0 amide bonds. The van der Waals surface area contributed by atoms with Crippen LogP contribution in [-0.2, 0) is 38.0 Å². The van der Waals surface area contributed by atoms with E-state index in [0.717, 1.165) is 38.5 Å². The van der Waals surface area contributed by atoms with Gasteiger partial charge < -0.3 is 53.6 Å². The molecule has 0 aromatic heterocycles. The van der Waals surface area contributed by atoms with E-state index in [9.17, 15) is 25.2 Å². The number of hydrogen-bond acceptors (Lipinski definition) is 12. The molecule has 7 rings (SSSR count). The molecule has 0 radical (unpaired) electrons. The van der Waals surface area contributed by atoms with Crippen LogP contribution in [-0.4, -0.2) is 125 Å². The van der Waals surface area contributed by atoms with Crippen molar-refractivity contribution in [2.75, 3.05) is 14.2 Å². The summed E-state index contributed by atoms with van der Waals surface area (Å²) in [5.74, 6) is -0.163. The third-order valence-electron chi connectivity index (χ3n) is 14.3. The SMILES string of the molecule is CO[C@H]1[C@@H](O)[C@H](O[C@H]2[C@@H](OC)C[C@H](O[C@H]3CC[C@@]4(C)[C@@H](CC[C@@]56O[C@@]57CC[C@H](C(C)=O)[C@@]7(C)[C@H](O)[C@@H](O)[C@H]46)C3)O[C@@H]2C)O[C@H](C)[C@H]1O. The molecule has 47 heavy (non-hydrogen) atoms. The molecule has 2 spiro atoms. The molecule has 268 valence electrons. The van der Waals surface area contributed by atoms with Crippen molar-refractivity contribution < 1.29 is 58.4 Å². The van der Waals surface area contributed by atoms with Gasteiger partial charge in [0.15, 0.2) is 12.6 Å². The van der Waals surface area contributed by atoms with Crippen LogP contribution in [0.2, 0.25) is 0 Å². The molecule has 12 nitrogen and oxygen atoms in total. The number of Topliss-reactive ketones (excluding diaryl/α,β-unsaturated/α-hetero) is 1. The van der Waals surface area contributed by atoms with Crippen molar-refractivity contribution in [1.82, 2.24) is 0 Å². The molecule has 19 atom stereocenters. The number of ether oxygens (including phenoxy) is 7. The molecule has 0 aromatic rings. The summed E-state index contributed by atoms with van der Waals surface area (Å²) in [5.41, 5.74) is -2.07. The maximum absolute atomic E-state index is 12.7. The lowest BCUT2D eigenvalue weighted by molar-refractivity contribution is -0.343. The first-order chi connectivity index (χ1) is 22.2. The van der Waals surface area contributed by atoms with Gasteiger partial charge in [0, 0.05) is 37.9 Å². The van der Waals surface area contributed by atoms with E-state index in [0.29, 0.717) is 12.8 Å². The van der Waals surface area contributed by atoms with Crippen LogP contribution >= 0.6 is 0 Å². The number of aliphatic hydroxyl groups excluding tert-OH is 4. The van der Waals surface area contributed by atoms with Crippen LogP contribution in [0.5, 0.6) is 0 Å². The summed E-state index contributed by atoms with van der Waals surface area (Å²) in [7, 11) is 3.05. The number of carbonyl (C=O) groups excluding carboxylic acids is 1. The first kappa shape index (κ1) is 34.7. The van der Waals surface area contributed by atoms with Crippen molar-refractivity contribution in [3.05, 3.63) is 0 Å². The normalized spacial score (nSPS) is 58.6. The Bertz CT molecular complexity index is 1200. The summed E-state index contributed by atoms with van der Waals surface area (Å²) in [4.78, 5) is 12.7. The van der Waals surface area contributed by atoms with Gasteiger partial charge in [-0.2, -0.15) is 0 Å². The third kappa shape index (κ3) is 4.76. The van der Waals surface area contributed by atoms with Crippen molar-refractivity contribution in [2.24, 2.45) is 28.6 Å². The molecule has 0 bridgehead atoms. The van der Waals surface area contributed by atoms with E-state index >= 15 is 0 Å². The molecule has 3 heterocycles. The average Bonchev–Trinajstić information content (AvgIpc) is 3.57. The number of ketones is 1. The Labute approximate surface area is 277 Å². The van der Waals surface area contributed by atoms with Gasteiger partial charge in [-0.05, 0) is 77.0 Å². The predicted molar refractivity (Wildman–Crippen MR) is 165 cm³/mol. The number of hydrogen-bond donors (Lipinski definition) is 4. The minimum atomic E-state index is -1.19. The molecule has 12 heteroatoms. The molecular weight excluding hydrogens is 612 g/mol. The van der Waals surface area contributed by atoms with E-state index in [1.165, 1.54) is 7.11 Å². The molecule has 4 aliphatic carbocycles. The molecular formula is C35H56O12. The molecule has 7 fully saturated rings. The van der Waals surface area contributed by atoms with Gasteiger partial charge in [0.05, 0.1) is 36.6 Å². The number of epoxide rings is 1. The molecule has 3 aliphatic heterocycles. The van der Waals surface area contributed by atoms with Crippen molar-refractivity contribution in [1.29, 1.82) is 0 Å². The van der Waals surface area contributed by atoms with Crippen LogP contribution in [0, 0.1) is 28.6 Å². The van der Waals surface area contributed by atoms with Gasteiger partial charge in [-0.25, -0.2) is 0 Å². The fourth-order valence-corrected chi connectivity index (χ4v) is 11.9. The summed E-state index contributed by atoms with van der Waals surface area (Å²) in [6.45, 7) is 9.45. The standard InChI is InChI=1S/C35H56O12/c1-16(36)21-10-13-35-33(21,5)30(40)26(39)29-32(4)11-9-20(14-19(32)8-12-34(29,35)47-35)45-23-15-22(41-6)27(18(3)43-23)46-31-25(38)28(42-7)24(37)17(2)44-31/h17-31,37-40H,8-15H2,1-7H3/t17-,18-,19+,20+,21-,22+,23+,24-,25-,26+,27-,28-,29-,30-,31+,32+,33+,34+,35-/m1/s1. The number of carbonyl (C=O) groups is 1. The van der Waals surface area contributed by atoms with E-state index in [1.54, 1.807) is 21.0 Å². The molecule has 4 saturated carbocycles. The Morgan fingerprint density at radius 2 is 1.55 bits per heavy atom. The van der Waals surface area contributed by atoms with Crippen LogP contribution in [0.15, 0.2) is 0 Å². The average molecular weight is 669 g/mol. The minimum absolute atomic E-state index is 0.0406.